The number of rotatable bonds is 5. The topological polar surface area (TPSA) is 80.0 Å². The Kier molecular flexibility index (Phi) is 4.62. The fourth-order valence-electron chi connectivity index (χ4n) is 4.58. The van der Waals surface area contributed by atoms with Crippen molar-refractivity contribution in [2.45, 2.75) is 37.8 Å². The maximum Gasteiger partial charge on any atom is 0.290 e. The number of carbonyl (C=O) groups excluding carboxylic acids is 2. The molecule has 1 saturated carbocycles. The number of methoxy groups -OCH3 is 1. The van der Waals surface area contributed by atoms with Gasteiger partial charge >= 0.3 is 0 Å². The van der Waals surface area contributed by atoms with E-state index in [0.29, 0.717) is 11.3 Å². The summed E-state index contributed by atoms with van der Waals surface area (Å²) in [5.41, 5.74) is 0.556. The Balaban J connectivity index is 1.60. The van der Waals surface area contributed by atoms with Gasteiger partial charge in [0.05, 0.1) is 12.7 Å². The van der Waals surface area contributed by atoms with Crippen molar-refractivity contribution in [1.29, 1.82) is 0 Å². The first-order chi connectivity index (χ1) is 14.6. The number of carbonyl (C=O) groups is 2. The van der Waals surface area contributed by atoms with Gasteiger partial charge in [-0.2, -0.15) is 0 Å². The van der Waals surface area contributed by atoms with Gasteiger partial charge in [0.2, 0.25) is 5.78 Å². The number of furan rings is 1. The van der Waals surface area contributed by atoms with Crippen molar-refractivity contribution in [3.8, 4) is 5.75 Å². The highest BCUT2D eigenvalue weighted by atomic mass is 32.1. The molecule has 6 nitrogen and oxygen atoms in total. The fourth-order valence-corrected chi connectivity index (χ4v) is 5.41. The normalized spacial score (nSPS) is 20.0. The Morgan fingerprint density at radius 3 is 2.73 bits per heavy atom. The number of nitrogens with zero attached hydrogens (tertiary/aromatic N) is 1. The third-order valence-corrected chi connectivity index (χ3v) is 6.90. The van der Waals surface area contributed by atoms with Crippen molar-refractivity contribution in [2.24, 2.45) is 0 Å². The summed E-state index contributed by atoms with van der Waals surface area (Å²) in [5.74, 6) is -0.818. The van der Waals surface area contributed by atoms with Gasteiger partial charge in [0.1, 0.15) is 6.04 Å². The molecule has 5 rings (SSSR count). The minimum Gasteiger partial charge on any atom is -0.503 e. The number of aliphatic hydroxyl groups is 1. The van der Waals surface area contributed by atoms with E-state index in [-0.39, 0.29) is 17.4 Å². The number of thiophene rings is 1. The van der Waals surface area contributed by atoms with Crippen molar-refractivity contribution in [3.63, 3.8) is 0 Å². The standard InChI is InChI=1S/C23H21NO5S/c1-28-15-9-4-6-13-12-16(29-22(13)15)20(25)18-19(17-10-5-11-30-17)24(23(27)21(18)26)14-7-2-3-8-14/h4-6,9-12,14,19,26H,2-3,7-8H2,1H3. The molecule has 2 aliphatic rings. The molecule has 1 N–H and O–H groups in total. The highest BCUT2D eigenvalue weighted by Gasteiger charge is 2.48. The lowest BCUT2D eigenvalue weighted by Gasteiger charge is -2.31. The Morgan fingerprint density at radius 1 is 1.23 bits per heavy atom. The number of para-hydroxylation sites is 1. The lowest BCUT2D eigenvalue weighted by molar-refractivity contribution is -0.131. The second-order valence-electron chi connectivity index (χ2n) is 7.65. The monoisotopic (exact) mass is 423 g/mol. The molecule has 1 aromatic carbocycles. The second-order valence-corrected chi connectivity index (χ2v) is 8.63. The van der Waals surface area contributed by atoms with E-state index in [4.69, 9.17) is 9.15 Å². The van der Waals surface area contributed by atoms with Gasteiger partial charge in [-0.1, -0.05) is 31.0 Å². The maximum absolute atomic E-state index is 13.5. The number of hydrogen-bond donors (Lipinski definition) is 1. The first kappa shape index (κ1) is 18.9. The number of ether oxygens (including phenoxy) is 1. The summed E-state index contributed by atoms with van der Waals surface area (Å²) >= 11 is 1.47. The van der Waals surface area contributed by atoms with Crippen LogP contribution < -0.4 is 4.74 Å². The average Bonchev–Trinajstić information content (AvgIpc) is 3.54. The SMILES string of the molecule is COc1cccc2cc(C(=O)C3=C(O)C(=O)N(C4CCCC4)C3c3cccs3)oc12. The summed E-state index contributed by atoms with van der Waals surface area (Å²) in [6.07, 6.45) is 3.84. The predicted octanol–water partition coefficient (Wildman–Crippen LogP) is 5.02. The molecule has 1 unspecified atom stereocenters. The summed E-state index contributed by atoms with van der Waals surface area (Å²) in [6, 6.07) is 10.3. The zero-order valence-corrected chi connectivity index (χ0v) is 17.3. The minimum atomic E-state index is -0.594. The molecule has 3 heterocycles. The zero-order valence-electron chi connectivity index (χ0n) is 16.5. The Morgan fingerprint density at radius 2 is 2.03 bits per heavy atom. The van der Waals surface area contributed by atoms with Gasteiger partial charge in [-0.15, -0.1) is 11.3 Å². The molecule has 0 radical (unpaired) electrons. The quantitative estimate of drug-likeness (QED) is 0.583. The Bertz CT molecular complexity index is 1150. The molecule has 3 aromatic rings. The molecule has 1 aliphatic carbocycles. The highest BCUT2D eigenvalue weighted by molar-refractivity contribution is 7.10. The zero-order chi connectivity index (χ0) is 20.8. The molecule has 30 heavy (non-hydrogen) atoms. The molecule has 1 aliphatic heterocycles. The van der Waals surface area contributed by atoms with Crippen LogP contribution in [0, 0.1) is 0 Å². The Labute approximate surface area is 177 Å². The first-order valence-electron chi connectivity index (χ1n) is 10.0. The third kappa shape index (κ3) is 2.84. The summed E-state index contributed by atoms with van der Waals surface area (Å²) in [7, 11) is 1.54. The van der Waals surface area contributed by atoms with Crippen LogP contribution in [0.25, 0.3) is 11.0 Å². The largest absolute Gasteiger partial charge is 0.503 e. The van der Waals surface area contributed by atoms with Crippen molar-refractivity contribution in [3.05, 3.63) is 63.7 Å². The molecule has 0 spiro atoms. The van der Waals surface area contributed by atoms with Crippen molar-refractivity contribution in [1.82, 2.24) is 4.90 Å². The van der Waals surface area contributed by atoms with E-state index in [9.17, 15) is 14.7 Å². The lowest BCUT2D eigenvalue weighted by Crippen LogP contribution is -2.38. The lowest BCUT2D eigenvalue weighted by atomic mass is 9.99. The van der Waals surface area contributed by atoms with E-state index in [1.54, 1.807) is 17.0 Å². The number of Topliss-reactive ketones (excluding diaryl/α,β-unsaturated/α-hetero) is 1. The van der Waals surface area contributed by atoms with Crippen LogP contribution in [-0.4, -0.2) is 34.8 Å². The van der Waals surface area contributed by atoms with E-state index in [1.807, 2.05) is 29.6 Å². The minimum absolute atomic E-state index is 0.0211. The van der Waals surface area contributed by atoms with Crippen LogP contribution in [0.4, 0.5) is 0 Å². The van der Waals surface area contributed by atoms with E-state index in [0.717, 1.165) is 35.9 Å². The second kappa shape index (κ2) is 7.32. The average molecular weight is 423 g/mol. The molecule has 1 fully saturated rings. The van der Waals surface area contributed by atoms with Gasteiger partial charge in [-0.05, 0) is 36.4 Å². The smallest absolute Gasteiger partial charge is 0.290 e. The van der Waals surface area contributed by atoms with Crippen molar-refractivity contribution in [2.75, 3.05) is 7.11 Å². The van der Waals surface area contributed by atoms with Gasteiger partial charge in [0.25, 0.3) is 5.91 Å². The fraction of sp³-hybridized carbons (Fsp3) is 0.304. The summed E-state index contributed by atoms with van der Waals surface area (Å²) in [4.78, 5) is 29.1. The molecular formula is C23H21NO5S. The van der Waals surface area contributed by atoms with Gasteiger partial charge in [-0.25, -0.2) is 0 Å². The molecule has 154 valence electrons. The predicted molar refractivity (Wildman–Crippen MR) is 113 cm³/mol. The van der Waals surface area contributed by atoms with Gasteiger partial charge in [-0.3, -0.25) is 9.59 Å². The van der Waals surface area contributed by atoms with Gasteiger partial charge < -0.3 is 19.2 Å². The van der Waals surface area contributed by atoms with Crippen LogP contribution in [0.5, 0.6) is 5.75 Å². The van der Waals surface area contributed by atoms with Crippen molar-refractivity contribution < 1.29 is 23.8 Å². The van der Waals surface area contributed by atoms with E-state index < -0.39 is 23.5 Å². The summed E-state index contributed by atoms with van der Waals surface area (Å²) in [5, 5.41) is 13.4. The highest BCUT2D eigenvalue weighted by Crippen LogP contribution is 2.45. The van der Waals surface area contributed by atoms with Crippen LogP contribution in [-0.2, 0) is 4.79 Å². The van der Waals surface area contributed by atoms with Crippen LogP contribution >= 0.6 is 11.3 Å². The molecule has 0 bridgehead atoms. The maximum atomic E-state index is 13.5. The molecule has 7 heteroatoms. The van der Waals surface area contributed by atoms with Crippen LogP contribution in [0.1, 0.15) is 47.2 Å². The summed E-state index contributed by atoms with van der Waals surface area (Å²) < 4.78 is 11.1. The van der Waals surface area contributed by atoms with Crippen molar-refractivity contribution >= 4 is 34.0 Å². The molecular weight excluding hydrogens is 402 g/mol. The molecule has 2 aromatic heterocycles. The van der Waals surface area contributed by atoms with Gasteiger partial charge in [0, 0.05) is 16.3 Å². The van der Waals surface area contributed by atoms with Crippen LogP contribution in [0.2, 0.25) is 0 Å². The number of ketones is 1. The molecule has 0 saturated heterocycles. The molecule has 1 atom stereocenters. The number of aliphatic hydroxyl groups excluding tert-OH is 1. The molecule has 1 amide bonds. The van der Waals surface area contributed by atoms with E-state index >= 15 is 0 Å². The number of benzene rings is 1. The number of amides is 1. The number of fused-ring (bicyclic) bond motifs is 1. The Hall–Kier alpha value is -3.06. The van der Waals surface area contributed by atoms with Gasteiger partial charge in [0.15, 0.2) is 22.9 Å². The number of hydrogen-bond acceptors (Lipinski definition) is 6. The summed E-state index contributed by atoms with van der Waals surface area (Å²) in [6.45, 7) is 0. The van der Waals surface area contributed by atoms with E-state index in [2.05, 4.69) is 0 Å². The third-order valence-electron chi connectivity index (χ3n) is 5.97. The van der Waals surface area contributed by atoms with Crippen LogP contribution in [0.15, 0.2) is 57.5 Å². The van der Waals surface area contributed by atoms with E-state index in [1.165, 1.54) is 18.4 Å². The van der Waals surface area contributed by atoms with Crippen LogP contribution in [0.3, 0.4) is 0 Å². The first-order valence-corrected chi connectivity index (χ1v) is 10.9.